The van der Waals surface area contributed by atoms with E-state index in [0.717, 1.165) is 5.69 Å². The van der Waals surface area contributed by atoms with E-state index in [0.29, 0.717) is 0 Å². The third-order valence-electron chi connectivity index (χ3n) is 1.41. The number of rotatable bonds is 1. The summed E-state index contributed by atoms with van der Waals surface area (Å²) in [6.07, 6.45) is 7.32. The molecule has 0 bridgehead atoms. The van der Waals surface area contributed by atoms with E-state index in [9.17, 15) is 0 Å². The Morgan fingerprint density at radius 2 is 2.00 bits per heavy atom. The van der Waals surface area contributed by atoms with Gasteiger partial charge in [-0.05, 0) is 12.1 Å². The molecule has 0 unspecified atom stereocenters. The van der Waals surface area contributed by atoms with Crippen molar-refractivity contribution in [2.24, 2.45) is 0 Å². The number of hydrogen-bond acceptors (Lipinski definition) is 1. The third kappa shape index (κ3) is 0.739. The first kappa shape index (κ1) is 5.35. The summed E-state index contributed by atoms with van der Waals surface area (Å²) in [5.74, 6) is 0. The summed E-state index contributed by atoms with van der Waals surface area (Å²) in [6.45, 7) is 0. The molecule has 0 saturated carbocycles. The molecule has 10 heavy (non-hydrogen) atoms. The summed E-state index contributed by atoms with van der Waals surface area (Å²) < 4.78 is 6.91. The molecule has 0 spiro atoms. The number of aromatic nitrogens is 1. The van der Waals surface area contributed by atoms with Gasteiger partial charge in [-0.1, -0.05) is 0 Å². The van der Waals surface area contributed by atoms with E-state index in [1.54, 1.807) is 12.5 Å². The van der Waals surface area contributed by atoms with Crippen molar-refractivity contribution in [2.45, 2.75) is 0 Å². The van der Waals surface area contributed by atoms with Crippen molar-refractivity contribution in [3.05, 3.63) is 43.1 Å². The van der Waals surface area contributed by atoms with Crippen molar-refractivity contribution in [2.75, 3.05) is 0 Å². The molecule has 2 rings (SSSR count). The monoisotopic (exact) mass is 133 g/mol. The van der Waals surface area contributed by atoms with E-state index in [1.807, 2.05) is 35.2 Å². The highest BCUT2D eigenvalue weighted by Crippen LogP contribution is 2.06. The zero-order valence-corrected chi connectivity index (χ0v) is 5.40. The van der Waals surface area contributed by atoms with E-state index in [1.165, 1.54) is 0 Å². The topological polar surface area (TPSA) is 18.1 Å². The first-order chi connectivity index (χ1) is 4.97. The fourth-order valence-electron chi connectivity index (χ4n) is 0.911. The molecule has 0 aromatic carbocycles. The quantitative estimate of drug-likeness (QED) is 0.582. The highest BCUT2D eigenvalue weighted by atomic mass is 16.3. The second-order valence-electron chi connectivity index (χ2n) is 2.07. The van der Waals surface area contributed by atoms with Crippen molar-refractivity contribution in [3.63, 3.8) is 0 Å². The van der Waals surface area contributed by atoms with E-state index in [-0.39, 0.29) is 0 Å². The standard InChI is InChI=1S/C8H7NO/c1-2-5-9(4-1)8-3-6-10-7-8/h1-7H. The maximum Gasteiger partial charge on any atom is 0.114 e. The first-order valence-corrected chi connectivity index (χ1v) is 3.12. The molecule has 50 valence electrons. The van der Waals surface area contributed by atoms with Gasteiger partial charge in [0.1, 0.15) is 6.26 Å². The summed E-state index contributed by atoms with van der Waals surface area (Å²) in [7, 11) is 0. The minimum absolute atomic E-state index is 1.06. The van der Waals surface area contributed by atoms with E-state index in [4.69, 9.17) is 4.42 Å². The number of furan rings is 1. The molecule has 2 aromatic rings. The summed E-state index contributed by atoms with van der Waals surface area (Å²) in [4.78, 5) is 0. The van der Waals surface area contributed by atoms with Gasteiger partial charge in [-0.3, -0.25) is 0 Å². The lowest BCUT2D eigenvalue weighted by Crippen LogP contribution is -1.83. The fourth-order valence-corrected chi connectivity index (χ4v) is 0.911. The second kappa shape index (κ2) is 2.06. The molecule has 2 aromatic heterocycles. The summed E-state index contributed by atoms with van der Waals surface area (Å²) >= 11 is 0. The lowest BCUT2D eigenvalue weighted by atomic mass is 10.5. The minimum Gasteiger partial charge on any atom is -0.470 e. The Kier molecular flexibility index (Phi) is 1.10. The van der Waals surface area contributed by atoms with Gasteiger partial charge in [0, 0.05) is 18.5 Å². The highest BCUT2D eigenvalue weighted by Gasteiger charge is 1.92. The maximum absolute atomic E-state index is 4.92. The van der Waals surface area contributed by atoms with Crippen LogP contribution in [0.5, 0.6) is 0 Å². The average Bonchev–Trinajstić information content (AvgIpc) is 2.59. The van der Waals surface area contributed by atoms with Crippen LogP contribution in [0.2, 0.25) is 0 Å². The molecular formula is C8H7NO. The van der Waals surface area contributed by atoms with Crippen molar-refractivity contribution < 1.29 is 4.42 Å². The van der Waals surface area contributed by atoms with Crippen LogP contribution in [-0.2, 0) is 0 Å². The van der Waals surface area contributed by atoms with Crippen molar-refractivity contribution in [1.82, 2.24) is 4.57 Å². The van der Waals surface area contributed by atoms with Crippen LogP contribution in [0, 0.1) is 0 Å². The van der Waals surface area contributed by atoms with Crippen molar-refractivity contribution in [3.8, 4) is 5.69 Å². The Labute approximate surface area is 58.7 Å². The molecule has 0 atom stereocenters. The molecule has 2 heteroatoms. The molecule has 0 saturated heterocycles. The zero-order chi connectivity index (χ0) is 6.81. The van der Waals surface area contributed by atoms with Crippen LogP contribution in [-0.4, -0.2) is 4.57 Å². The smallest absolute Gasteiger partial charge is 0.114 e. The van der Waals surface area contributed by atoms with Crippen LogP contribution in [0.15, 0.2) is 47.5 Å². The normalized spacial score (nSPS) is 10.0. The van der Waals surface area contributed by atoms with E-state index >= 15 is 0 Å². The van der Waals surface area contributed by atoms with Crippen molar-refractivity contribution in [1.29, 1.82) is 0 Å². The lowest BCUT2D eigenvalue weighted by molar-refractivity contribution is 0.565. The first-order valence-electron chi connectivity index (χ1n) is 3.12. The van der Waals surface area contributed by atoms with Crippen LogP contribution in [0.1, 0.15) is 0 Å². The molecule has 0 N–H and O–H groups in total. The van der Waals surface area contributed by atoms with E-state index in [2.05, 4.69) is 0 Å². The van der Waals surface area contributed by atoms with E-state index < -0.39 is 0 Å². The Morgan fingerprint density at radius 3 is 2.60 bits per heavy atom. The Morgan fingerprint density at radius 1 is 1.20 bits per heavy atom. The molecule has 0 fully saturated rings. The zero-order valence-electron chi connectivity index (χ0n) is 5.40. The molecule has 0 amide bonds. The van der Waals surface area contributed by atoms with Gasteiger partial charge in [-0.2, -0.15) is 0 Å². The highest BCUT2D eigenvalue weighted by molar-refractivity contribution is 5.26. The summed E-state index contributed by atoms with van der Waals surface area (Å²) in [5, 5.41) is 0. The Balaban J connectivity index is 2.48. The summed E-state index contributed by atoms with van der Waals surface area (Å²) in [5.41, 5.74) is 1.06. The molecule has 0 aliphatic heterocycles. The Hall–Kier alpha value is -1.44. The fraction of sp³-hybridized carbons (Fsp3) is 0. The predicted octanol–water partition coefficient (Wildman–Crippen LogP) is 2.07. The third-order valence-corrected chi connectivity index (χ3v) is 1.41. The molecule has 0 radical (unpaired) electrons. The van der Waals surface area contributed by atoms with Gasteiger partial charge >= 0.3 is 0 Å². The van der Waals surface area contributed by atoms with Crippen LogP contribution >= 0.6 is 0 Å². The number of nitrogens with zero attached hydrogens (tertiary/aromatic N) is 1. The van der Waals surface area contributed by atoms with Gasteiger partial charge < -0.3 is 8.98 Å². The summed E-state index contributed by atoms with van der Waals surface area (Å²) in [6, 6.07) is 5.88. The minimum atomic E-state index is 1.06. The second-order valence-corrected chi connectivity index (χ2v) is 2.07. The average molecular weight is 133 g/mol. The van der Waals surface area contributed by atoms with Crippen molar-refractivity contribution >= 4 is 0 Å². The Bertz CT molecular complexity index is 249. The lowest BCUT2D eigenvalue weighted by Gasteiger charge is -1.92. The van der Waals surface area contributed by atoms with Gasteiger partial charge in [0.25, 0.3) is 0 Å². The molecule has 0 aliphatic rings. The maximum atomic E-state index is 4.92. The van der Waals surface area contributed by atoms with Crippen LogP contribution in [0.4, 0.5) is 0 Å². The number of hydrogen-bond donors (Lipinski definition) is 0. The van der Waals surface area contributed by atoms with Gasteiger partial charge in [-0.15, -0.1) is 0 Å². The molecular weight excluding hydrogens is 126 g/mol. The van der Waals surface area contributed by atoms with Crippen LogP contribution in [0.3, 0.4) is 0 Å². The largest absolute Gasteiger partial charge is 0.470 e. The van der Waals surface area contributed by atoms with Gasteiger partial charge in [0.15, 0.2) is 0 Å². The molecule has 2 nitrogen and oxygen atoms in total. The van der Waals surface area contributed by atoms with Crippen LogP contribution in [0.25, 0.3) is 5.69 Å². The van der Waals surface area contributed by atoms with Gasteiger partial charge in [0.05, 0.1) is 12.0 Å². The predicted molar refractivity (Wildman–Crippen MR) is 38.0 cm³/mol. The van der Waals surface area contributed by atoms with Gasteiger partial charge in [-0.25, -0.2) is 0 Å². The SMILES string of the molecule is c1ccn(-c2ccoc2)c1. The molecule has 2 heterocycles. The van der Waals surface area contributed by atoms with Crippen LogP contribution < -0.4 is 0 Å². The van der Waals surface area contributed by atoms with Gasteiger partial charge in [0.2, 0.25) is 0 Å². The molecule has 0 aliphatic carbocycles.